The van der Waals surface area contributed by atoms with Gasteiger partial charge in [-0.3, -0.25) is 5.32 Å². The van der Waals surface area contributed by atoms with Gasteiger partial charge in [-0.2, -0.15) is 0 Å². The van der Waals surface area contributed by atoms with Gasteiger partial charge in [-0.05, 0) is 111 Å². The molecule has 0 atom stereocenters. The molecular formula is C32H44N4O6. The number of hydrogen-bond acceptors (Lipinski definition) is 7. The van der Waals surface area contributed by atoms with Crippen molar-refractivity contribution >= 4 is 35.6 Å². The van der Waals surface area contributed by atoms with Gasteiger partial charge in [-0.15, -0.1) is 0 Å². The summed E-state index contributed by atoms with van der Waals surface area (Å²) in [6.45, 7) is 16.7. The molecule has 0 bridgehead atoms. The zero-order valence-corrected chi connectivity index (χ0v) is 26.2. The molecule has 0 spiro atoms. The predicted octanol–water partition coefficient (Wildman–Crippen LogP) is 7.29. The lowest BCUT2D eigenvalue weighted by molar-refractivity contribution is 0.0374. The van der Waals surface area contributed by atoms with Gasteiger partial charge in [0.05, 0.1) is 18.8 Å². The van der Waals surface area contributed by atoms with E-state index in [4.69, 9.17) is 14.2 Å². The molecule has 10 nitrogen and oxygen atoms in total. The van der Waals surface area contributed by atoms with Crippen molar-refractivity contribution in [2.45, 2.75) is 92.0 Å². The number of nitrogens with zero attached hydrogens (tertiary/aromatic N) is 3. The number of ether oxygens (including phenoxy) is 3. The summed E-state index contributed by atoms with van der Waals surface area (Å²) in [5, 5.41) is 2.74. The number of carbonyl (C=O) groups is 3. The molecule has 2 aromatic rings. The fourth-order valence-corrected chi connectivity index (χ4v) is 3.96. The Kier molecular flexibility index (Phi) is 9.91. The molecule has 0 aromatic heterocycles. The fourth-order valence-electron chi connectivity index (χ4n) is 3.96. The van der Waals surface area contributed by atoms with Crippen LogP contribution in [0.3, 0.4) is 0 Å². The van der Waals surface area contributed by atoms with Crippen molar-refractivity contribution in [2.75, 3.05) is 18.4 Å². The topological polar surface area (TPSA) is 110 Å². The first-order valence-corrected chi connectivity index (χ1v) is 14.2. The van der Waals surface area contributed by atoms with E-state index in [-0.39, 0.29) is 19.0 Å². The third kappa shape index (κ3) is 10.4. The summed E-state index contributed by atoms with van der Waals surface area (Å²) >= 11 is 0. The highest BCUT2D eigenvalue weighted by atomic mass is 16.6. The molecule has 42 heavy (non-hydrogen) atoms. The molecule has 10 heteroatoms. The summed E-state index contributed by atoms with van der Waals surface area (Å²) in [6.07, 6.45) is -0.0316. The van der Waals surface area contributed by atoms with E-state index in [2.05, 4.69) is 10.3 Å². The van der Waals surface area contributed by atoms with E-state index in [9.17, 15) is 14.4 Å². The van der Waals surface area contributed by atoms with Crippen molar-refractivity contribution < 1.29 is 28.6 Å². The maximum atomic E-state index is 12.9. The van der Waals surface area contributed by atoms with Gasteiger partial charge in [0, 0.05) is 5.69 Å². The minimum atomic E-state index is -0.696. The molecule has 0 radical (unpaired) electrons. The van der Waals surface area contributed by atoms with Gasteiger partial charge in [0.1, 0.15) is 16.8 Å². The monoisotopic (exact) mass is 580 g/mol. The van der Waals surface area contributed by atoms with E-state index in [1.54, 1.807) is 41.5 Å². The summed E-state index contributed by atoms with van der Waals surface area (Å²) in [4.78, 5) is 45.2. The first-order chi connectivity index (χ1) is 19.4. The lowest BCUT2D eigenvalue weighted by Gasteiger charge is -2.27. The average Bonchev–Trinajstić information content (AvgIpc) is 3.25. The van der Waals surface area contributed by atoms with Crippen LogP contribution in [0.15, 0.2) is 53.5 Å². The molecule has 0 saturated carbocycles. The number of rotatable bonds is 5. The molecule has 1 fully saturated rings. The van der Waals surface area contributed by atoms with Gasteiger partial charge >= 0.3 is 18.3 Å². The Morgan fingerprint density at radius 3 is 1.48 bits per heavy atom. The van der Waals surface area contributed by atoms with E-state index in [1.165, 1.54) is 9.80 Å². The predicted molar refractivity (Wildman–Crippen MR) is 163 cm³/mol. The SMILES string of the molecule is CC(C)(C)OC(=O)Nc1ccc(CCc2ccc(N=C3N(C(=O)OC(C)(C)C)CCN3C(=O)OC(C)(C)C)cc2)cc1. The molecule has 1 aliphatic heterocycles. The van der Waals surface area contributed by atoms with Gasteiger partial charge in [0.2, 0.25) is 5.96 Å². The first-order valence-electron chi connectivity index (χ1n) is 14.2. The zero-order chi connectivity index (χ0) is 31.3. The quantitative estimate of drug-likeness (QED) is 0.372. The van der Waals surface area contributed by atoms with Crippen molar-refractivity contribution in [2.24, 2.45) is 4.99 Å². The van der Waals surface area contributed by atoms with Gasteiger partial charge in [0.25, 0.3) is 0 Å². The molecule has 228 valence electrons. The van der Waals surface area contributed by atoms with Gasteiger partial charge < -0.3 is 14.2 Å². The molecule has 1 N–H and O–H groups in total. The highest BCUT2D eigenvalue weighted by Crippen LogP contribution is 2.23. The van der Waals surface area contributed by atoms with Crippen molar-refractivity contribution in [1.82, 2.24) is 9.80 Å². The number of benzene rings is 2. The van der Waals surface area contributed by atoms with Crippen molar-refractivity contribution in [1.29, 1.82) is 0 Å². The van der Waals surface area contributed by atoms with Gasteiger partial charge in [0.15, 0.2) is 0 Å². The normalized spacial score (nSPS) is 14.0. The Labute approximate surface area is 249 Å². The number of carbonyl (C=O) groups excluding carboxylic acids is 3. The molecule has 0 unspecified atom stereocenters. The molecule has 1 aliphatic rings. The second kappa shape index (κ2) is 12.8. The van der Waals surface area contributed by atoms with Crippen LogP contribution in [-0.4, -0.2) is 63.9 Å². The van der Waals surface area contributed by atoms with E-state index in [1.807, 2.05) is 69.3 Å². The number of nitrogens with one attached hydrogen (secondary N) is 1. The molecule has 3 amide bonds. The summed E-state index contributed by atoms with van der Waals surface area (Å²) in [5.74, 6) is 0.173. The van der Waals surface area contributed by atoms with Crippen molar-refractivity contribution in [3.63, 3.8) is 0 Å². The standard InChI is InChI=1S/C32H44N4O6/c1-30(2,3)40-27(37)34-25-18-14-23(15-19-25)11-10-22-12-16-24(17-13-22)33-26-35(28(38)41-31(4,5)6)20-21-36(26)29(39)42-32(7,8)9/h12-19H,10-11,20-21H2,1-9H3,(H,34,37). The number of aryl methyl sites for hydroxylation is 2. The molecule has 3 rings (SSSR count). The molecule has 2 aromatic carbocycles. The van der Waals surface area contributed by atoms with Gasteiger partial charge in [-0.1, -0.05) is 24.3 Å². The Morgan fingerprint density at radius 2 is 1.07 bits per heavy atom. The molecular weight excluding hydrogens is 536 g/mol. The third-order valence-electron chi connectivity index (χ3n) is 5.72. The zero-order valence-electron chi connectivity index (χ0n) is 26.2. The minimum Gasteiger partial charge on any atom is -0.444 e. The van der Waals surface area contributed by atoms with Crippen LogP contribution in [0.5, 0.6) is 0 Å². The van der Waals surface area contributed by atoms with Crippen LogP contribution in [0, 0.1) is 0 Å². The maximum absolute atomic E-state index is 12.9. The Morgan fingerprint density at radius 1 is 0.667 bits per heavy atom. The number of anilines is 1. The number of amides is 3. The van der Waals surface area contributed by atoms with Crippen molar-refractivity contribution in [3.8, 4) is 0 Å². The fraction of sp³-hybridized carbons (Fsp3) is 0.500. The first kappa shape index (κ1) is 32.4. The summed E-state index contributed by atoms with van der Waals surface area (Å²) < 4.78 is 16.4. The van der Waals surface area contributed by atoms with Gasteiger partial charge in [-0.25, -0.2) is 29.2 Å². The van der Waals surface area contributed by atoms with Crippen LogP contribution in [0.25, 0.3) is 0 Å². The van der Waals surface area contributed by atoms with E-state index >= 15 is 0 Å². The highest BCUT2D eigenvalue weighted by molar-refractivity contribution is 6.04. The number of hydrogen-bond donors (Lipinski definition) is 1. The summed E-state index contributed by atoms with van der Waals surface area (Å²) in [7, 11) is 0. The van der Waals surface area contributed by atoms with Crippen LogP contribution in [-0.2, 0) is 27.1 Å². The molecule has 1 heterocycles. The van der Waals surface area contributed by atoms with Crippen LogP contribution >= 0.6 is 0 Å². The average molecular weight is 581 g/mol. The smallest absolute Gasteiger partial charge is 0.417 e. The van der Waals surface area contributed by atoms with Crippen LogP contribution < -0.4 is 5.32 Å². The van der Waals surface area contributed by atoms with E-state index < -0.39 is 35.1 Å². The van der Waals surface area contributed by atoms with Crippen molar-refractivity contribution in [3.05, 3.63) is 59.7 Å². The lowest BCUT2D eigenvalue weighted by atomic mass is 10.0. The summed E-state index contributed by atoms with van der Waals surface area (Å²) in [6, 6.07) is 15.3. The number of guanidine groups is 1. The van der Waals surface area contributed by atoms with E-state index in [0.717, 1.165) is 24.0 Å². The second-order valence-corrected chi connectivity index (χ2v) is 13.2. The third-order valence-corrected chi connectivity index (χ3v) is 5.72. The van der Waals surface area contributed by atoms with Crippen LogP contribution in [0.4, 0.5) is 25.8 Å². The highest BCUT2D eigenvalue weighted by Gasteiger charge is 2.39. The Bertz CT molecular complexity index is 1240. The Hall–Kier alpha value is -4.08. The largest absolute Gasteiger partial charge is 0.444 e. The Balaban J connectivity index is 1.69. The minimum absolute atomic E-state index is 0.173. The van der Waals surface area contributed by atoms with Crippen LogP contribution in [0.1, 0.15) is 73.4 Å². The second-order valence-electron chi connectivity index (χ2n) is 13.2. The molecule has 0 aliphatic carbocycles. The lowest BCUT2D eigenvalue weighted by Crippen LogP contribution is -2.44. The molecule has 1 saturated heterocycles. The number of aliphatic imine (C=N–C) groups is 1. The van der Waals surface area contributed by atoms with Crippen LogP contribution in [0.2, 0.25) is 0 Å². The maximum Gasteiger partial charge on any atom is 0.417 e. The summed E-state index contributed by atoms with van der Waals surface area (Å²) in [5.41, 5.74) is 1.54. The van der Waals surface area contributed by atoms with E-state index in [0.29, 0.717) is 11.4 Å².